The second kappa shape index (κ2) is 13.1. The first kappa shape index (κ1) is 24.8. The van der Waals surface area contributed by atoms with Gasteiger partial charge in [-0.05, 0) is 35.4 Å². The van der Waals surface area contributed by atoms with E-state index < -0.39 is 6.09 Å². The third-order valence-corrected chi connectivity index (χ3v) is 3.83. The van der Waals surface area contributed by atoms with Gasteiger partial charge in [-0.15, -0.1) is 12.4 Å². The normalized spacial score (nSPS) is 10.1. The van der Waals surface area contributed by atoms with Crippen LogP contribution in [0.2, 0.25) is 0 Å². The summed E-state index contributed by atoms with van der Waals surface area (Å²) in [5.74, 6) is 1.55. The van der Waals surface area contributed by atoms with Gasteiger partial charge in [-0.3, -0.25) is 4.79 Å². The maximum atomic E-state index is 11.7. The third-order valence-electron chi connectivity index (χ3n) is 3.83. The number of hydrogen-bond donors (Lipinski definition) is 3. The Morgan fingerprint density at radius 1 is 0.867 bits per heavy atom. The zero-order valence-electron chi connectivity index (χ0n) is 16.8. The maximum Gasteiger partial charge on any atom is 0.412 e. The molecular formula is C21H26ClN3O5. The van der Waals surface area contributed by atoms with E-state index in [4.69, 9.17) is 19.9 Å². The van der Waals surface area contributed by atoms with Crippen molar-refractivity contribution in [1.29, 1.82) is 0 Å². The van der Waals surface area contributed by atoms with Gasteiger partial charge in [0.25, 0.3) is 0 Å². The van der Waals surface area contributed by atoms with E-state index in [1.54, 1.807) is 32.4 Å². The lowest BCUT2D eigenvalue weighted by molar-refractivity contribution is -0.119. The zero-order valence-corrected chi connectivity index (χ0v) is 17.7. The molecule has 0 aromatic heterocycles. The van der Waals surface area contributed by atoms with Gasteiger partial charge in [-0.25, -0.2) is 4.79 Å². The summed E-state index contributed by atoms with van der Waals surface area (Å²) in [6.07, 6.45) is 3.26. The lowest BCUT2D eigenvalue weighted by Crippen LogP contribution is -2.38. The first-order valence-electron chi connectivity index (χ1n) is 8.97. The number of nitrogens with two attached hydrogens (primary N) is 1. The molecule has 0 spiro atoms. The Bertz CT molecular complexity index is 834. The van der Waals surface area contributed by atoms with Crippen LogP contribution in [0.1, 0.15) is 11.1 Å². The summed E-state index contributed by atoms with van der Waals surface area (Å²) in [6.45, 7) is 0.440. The molecule has 0 fully saturated rings. The van der Waals surface area contributed by atoms with Gasteiger partial charge in [0, 0.05) is 19.2 Å². The van der Waals surface area contributed by atoms with Crippen LogP contribution in [-0.4, -0.2) is 45.9 Å². The molecule has 162 valence electrons. The molecule has 0 saturated heterocycles. The van der Waals surface area contributed by atoms with Crippen molar-refractivity contribution in [3.05, 3.63) is 53.6 Å². The highest BCUT2D eigenvalue weighted by atomic mass is 35.5. The second-order valence-electron chi connectivity index (χ2n) is 5.92. The number of carbonyl (C=O) groups is 2. The van der Waals surface area contributed by atoms with Crippen molar-refractivity contribution in [2.24, 2.45) is 5.73 Å². The average Bonchev–Trinajstić information content (AvgIpc) is 2.75. The van der Waals surface area contributed by atoms with Gasteiger partial charge in [-0.2, -0.15) is 0 Å². The van der Waals surface area contributed by atoms with E-state index in [1.807, 2.05) is 36.4 Å². The fourth-order valence-electron chi connectivity index (χ4n) is 2.35. The number of halogens is 1. The van der Waals surface area contributed by atoms with Crippen LogP contribution in [0.25, 0.3) is 12.2 Å². The van der Waals surface area contributed by atoms with Crippen molar-refractivity contribution < 1.29 is 23.8 Å². The van der Waals surface area contributed by atoms with E-state index in [2.05, 4.69) is 10.6 Å². The highest BCUT2D eigenvalue weighted by Gasteiger charge is 2.04. The summed E-state index contributed by atoms with van der Waals surface area (Å²) < 4.78 is 15.7. The van der Waals surface area contributed by atoms with Gasteiger partial charge in [0.15, 0.2) is 0 Å². The molecular weight excluding hydrogens is 410 g/mol. The number of hydrogen-bond acceptors (Lipinski definition) is 6. The second-order valence-corrected chi connectivity index (χ2v) is 5.92. The molecule has 0 heterocycles. The van der Waals surface area contributed by atoms with Crippen molar-refractivity contribution in [1.82, 2.24) is 10.6 Å². The number of rotatable bonds is 9. The van der Waals surface area contributed by atoms with Gasteiger partial charge in [-0.1, -0.05) is 24.3 Å². The summed E-state index contributed by atoms with van der Waals surface area (Å²) in [6, 6.07) is 12.7. The Hall–Kier alpha value is -3.23. The Balaban J connectivity index is 0.00000450. The van der Waals surface area contributed by atoms with E-state index in [9.17, 15) is 9.59 Å². The van der Waals surface area contributed by atoms with E-state index in [0.717, 1.165) is 11.1 Å². The molecule has 30 heavy (non-hydrogen) atoms. The summed E-state index contributed by atoms with van der Waals surface area (Å²) in [5.41, 5.74) is 7.04. The van der Waals surface area contributed by atoms with E-state index in [0.29, 0.717) is 17.2 Å². The lowest BCUT2D eigenvalue weighted by Gasteiger charge is -2.07. The molecule has 0 bridgehead atoms. The largest absolute Gasteiger partial charge is 0.497 e. The Morgan fingerprint density at radius 3 is 2.00 bits per heavy atom. The van der Waals surface area contributed by atoms with Crippen LogP contribution in [0.15, 0.2) is 42.5 Å². The van der Waals surface area contributed by atoms with Crippen molar-refractivity contribution in [3.63, 3.8) is 0 Å². The highest BCUT2D eigenvalue weighted by molar-refractivity contribution is 5.85. The molecule has 8 nitrogen and oxygen atoms in total. The van der Waals surface area contributed by atoms with Gasteiger partial charge in [0.1, 0.15) is 17.2 Å². The van der Waals surface area contributed by atoms with Crippen LogP contribution in [0, 0.1) is 0 Å². The average molecular weight is 436 g/mol. The predicted molar refractivity (Wildman–Crippen MR) is 118 cm³/mol. The van der Waals surface area contributed by atoms with E-state index in [-0.39, 0.29) is 37.9 Å². The molecule has 4 N–H and O–H groups in total. The number of nitrogens with one attached hydrogen (secondary N) is 2. The lowest BCUT2D eigenvalue weighted by atomic mass is 10.1. The molecule has 0 radical (unpaired) electrons. The highest BCUT2D eigenvalue weighted by Crippen LogP contribution is 2.24. The molecule has 9 heteroatoms. The van der Waals surface area contributed by atoms with E-state index >= 15 is 0 Å². The number of methoxy groups -OCH3 is 2. The quantitative estimate of drug-likeness (QED) is 0.412. The monoisotopic (exact) mass is 435 g/mol. The molecule has 2 aromatic carbocycles. The van der Waals surface area contributed by atoms with Gasteiger partial charge < -0.3 is 30.6 Å². The fourth-order valence-corrected chi connectivity index (χ4v) is 2.35. The molecule has 2 aromatic rings. The summed E-state index contributed by atoms with van der Waals surface area (Å²) in [7, 11) is 3.21. The topological polar surface area (TPSA) is 112 Å². The number of carbonyl (C=O) groups excluding carboxylic acids is 2. The van der Waals surface area contributed by atoms with E-state index in [1.165, 1.54) is 0 Å². The van der Waals surface area contributed by atoms with Gasteiger partial charge >= 0.3 is 6.09 Å². The Labute approximate surface area is 181 Å². The Kier molecular flexibility index (Phi) is 10.8. The van der Waals surface area contributed by atoms with Crippen LogP contribution >= 0.6 is 12.4 Å². The van der Waals surface area contributed by atoms with Crippen molar-refractivity contribution >= 4 is 36.6 Å². The number of ether oxygens (including phenoxy) is 3. The van der Waals surface area contributed by atoms with Crippen LogP contribution in [0.3, 0.4) is 0 Å². The molecule has 0 atom stereocenters. The molecule has 0 saturated carbocycles. The molecule has 0 unspecified atom stereocenters. The first-order chi connectivity index (χ1) is 14.0. The zero-order chi connectivity index (χ0) is 21.1. The summed E-state index contributed by atoms with van der Waals surface area (Å²) in [5, 5.41) is 5.08. The first-order valence-corrected chi connectivity index (χ1v) is 8.97. The standard InChI is InChI=1S/C21H25N3O5.ClH/c1-27-18-11-16(12-19(13-18)28-2)4-3-15-5-7-17(8-6-15)29-21(26)24-10-9-23-20(25)14-22;/h3-8,11-13H,9-10,14,22H2,1-2H3,(H,23,25)(H,24,26);1H/b4-3+;. The molecule has 0 aliphatic rings. The van der Waals surface area contributed by atoms with Gasteiger partial charge in [0.05, 0.1) is 20.8 Å². The molecule has 0 aliphatic heterocycles. The van der Waals surface area contributed by atoms with Crippen LogP contribution in [-0.2, 0) is 4.79 Å². The fraction of sp³-hybridized carbons (Fsp3) is 0.238. The predicted octanol–water partition coefficient (Wildman–Crippen LogP) is 2.46. The van der Waals surface area contributed by atoms with Crippen LogP contribution < -0.4 is 30.6 Å². The van der Waals surface area contributed by atoms with Crippen LogP contribution in [0.5, 0.6) is 17.2 Å². The molecule has 2 amide bonds. The summed E-state index contributed by atoms with van der Waals surface area (Å²) >= 11 is 0. The number of benzene rings is 2. The smallest absolute Gasteiger partial charge is 0.412 e. The molecule has 0 aliphatic carbocycles. The SMILES string of the molecule is COc1cc(/C=C/c2ccc(OC(=O)NCCNC(=O)CN)cc2)cc(OC)c1.Cl. The minimum absolute atomic E-state index is 0. The molecule has 2 rings (SSSR count). The van der Waals surface area contributed by atoms with Crippen molar-refractivity contribution in [3.8, 4) is 17.2 Å². The summed E-state index contributed by atoms with van der Waals surface area (Å²) in [4.78, 5) is 22.7. The van der Waals surface area contributed by atoms with Gasteiger partial charge in [0.2, 0.25) is 5.91 Å². The minimum Gasteiger partial charge on any atom is -0.497 e. The Morgan fingerprint density at radius 2 is 1.43 bits per heavy atom. The maximum absolute atomic E-state index is 11.7. The van der Waals surface area contributed by atoms with Crippen molar-refractivity contribution in [2.75, 3.05) is 33.9 Å². The number of amides is 2. The van der Waals surface area contributed by atoms with Crippen LogP contribution in [0.4, 0.5) is 4.79 Å². The third kappa shape index (κ3) is 8.42. The van der Waals surface area contributed by atoms with Crippen molar-refractivity contribution in [2.45, 2.75) is 0 Å². The minimum atomic E-state index is -0.598.